The maximum Gasteiger partial charge on any atom is 0.261 e. The first-order valence-electron chi connectivity index (χ1n) is 7.26. The highest BCUT2D eigenvalue weighted by Gasteiger charge is 2.27. The quantitative estimate of drug-likeness (QED) is 0.920. The number of likely N-dealkylation sites (tertiary alicyclic amines) is 1. The average molecular weight is 282 g/mol. The molecule has 4 heteroatoms. The van der Waals surface area contributed by atoms with E-state index in [-0.39, 0.29) is 23.1 Å². The van der Waals surface area contributed by atoms with Crippen LogP contribution in [0.5, 0.6) is 0 Å². The molecule has 4 nitrogen and oxygen atoms in total. The Morgan fingerprint density at radius 2 is 1.95 bits per heavy atom. The third kappa shape index (κ3) is 2.61. The Bertz CT molecular complexity index is 706. The fraction of sp³-hybridized carbons (Fsp3) is 0.294. The van der Waals surface area contributed by atoms with Crippen LogP contribution >= 0.6 is 0 Å². The number of hydrogen-bond donors (Lipinski definition) is 1. The van der Waals surface area contributed by atoms with Crippen LogP contribution in [0.2, 0.25) is 0 Å². The Morgan fingerprint density at radius 3 is 2.57 bits per heavy atom. The molecule has 21 heavy (non-hydrogen) atoms. The van der Waals surface area contributed by atoms with Crippen LogP contribution in [-0.2, 0) is 0 Å². The van der Waals surface area contributed by atoms with Gasteiger partial charge in [-0.25, -0.2) is 0 Å². The van der Waals surface area contributed by atoms with Crippen LogP contribution < -0.4 is 5.56 Å². The van der Waals surface area contributed by atoms with Gasteiger partial charge in [0.1, 0.15) is 5.56 Å². The molecule has 0 unspecified atom stereocenters. The molecule has 1 aromatic carbocycles. The molecule has 1 aliphatic heterocycles. The fourth-order valence-corrected chi connectivity index (χ4v) is 2.82. The number of nitrogens with zero attached hydrogens (tertiary/aromatic N) is 1. The SMILES string of the molecule is C[C@H]1CCCN1C(=O)c1ccc(-c2ccccc2)[nH]c1=O. The summed E-state index contributed by atoms with van der Waals surface area (Å²) in [7, 11) is 0. The van der Waals surface area contributed by atoms with E-state index >= 15 is 0 Å². The Balaban J connectivity index is 1.92. The van der Waals surface area contributed by atoms with Gasteiger partial charge in [0.05, 0.1) is 0 Å². The fourth-order valence-electron chi connectivity index (χ4n) is 2.82. The van der Waals surface area contributed by atoms with Crippen molar-refractivity contribution in [3.63, 3.8) is 0 Å². The number of aromatic nitrogens is 1. The number of carbonyl (C=O) groups is 1. The molecule has 0 saturated carbocycles. The Hall–Kier alpha value is -2.36. The lowest BCUT2D eigenvalue weighted by Crippen LogP contribution is -2.36. The summed E-state index contributed by atoms with van der Waals surface area (Å²) in [5, 5.41) is 0. The van der Waals surface area contributed by atoms with Crippen molar-refractivity contribution >= 4 is 5.91 Å². The van der Waals surface area contributed by atoms with Gasteiger partial charge in [-0.15, -0.1) is 0 Å². The van der Waals surface area contributed by atoms with Crippen molar-refractivity contribution in [2.24, 2.45) is 0 Å². The van der Waals surface area contributed by atoms with E-state index < -0.39 is 0 Å². The maximum atomic E-state index is 12.4. The molecule has 0 spiro atoms. The molecule has 1 fully saturated rings. The summed E-state index contributed by atoms with van der Waals surface area (Å²) in [6.07, 6.45) is 2.01. The van der Waals surface area contributed by atoms with E-state index in [0.717, 1.165) is 30.6 Å². The number of aromatic amines is 1. The van der Waals surface area contributed by atoms with Gasteiger partial charge >= 0.3 is 0 Å². The second-order valence-electron chi connectivity index (χ2n) is 5.47. The molecule has 1 amide bonds. The zero-order valence-electron chi connectivity index (χ0n) is 12.0. The third-order valence-corrected chi connectivity index (χ3v) is 4.04. The monoisotopic (exact) mass is 282 g/mol. The van der Waals surface area contributed by atoms with Gasteiger partial charge in [0.25, 0.3) is 11.5 Å². The van der Waals surface area contributed by atoms with Crippen molar-refractivity contribution in [1.29, 1.82) is 0 Å². The number of carbonyl (C=O) groups excluding carboxylic acids is 1. The summed E-state index contributed by atoms with van der Waals surface area (Å²) in [6.45, 7) is 2.76. The van der Waals surface area contributed by atoms with Crippen molar-refractivity contribution < 1.29 is 4.79 Å². The lowest BCUT2D eigenvalue weighted by molar-refractivity contribution is 0.0745. The van der Waals surface area contributed by atoms with Crippen molar-refractivity contribution in [2.45, 2.75) is 25.8 Å². The molecule has 1 aliphatic rings. The summed E-state index contributed by atoms with van der Waals surface area (Å²) >= 11 is 0. The molecule has 1 atom stereocenters. The van der Waals surface area contributed by atoms with Crippen molar-refractivity contribution in [3.05, 3.63) is 58.4 Å². The van der Waals surface area contributed by atoms with Crippen LogP contribution in [-0.4, -0.2) is 28.4 Å². The summed E-state index contributed by atoms with van der Waals surface area (Å²) < 4.78 is 0. The maximum absolute atomic E-state index is 12.4. The number of H-pyrrole nitrogens is 1. The molecule has 2 heterocycles. The van der Waals surface area contributed by atoms with Crippen LogP contribution in [0, 0.1) is 0 Å². The van der Waals surface area contributed by atoms with Gasteiger partial charge in [0.15, 0.2) is 0 Å². The van der Waals surface area contributed by atoms with Crippen LogP contribution in [0.4, 0.5) is 0 Å². The second kappa shape index (κ2) is 5.56. The minimum atomic E-state index is -0.319. The predicted octanol–water partition coefficient (Wildman–Crippen LogP) is 2.67. The Labute approximate surface area is 123 Å². The first-order valence-corrected chi connectivity index (χ1v) is 7.26. The summed E-state index contributed by atoms with van der Waals surface area (Å²) in [4.78, 5) is 29.2. The first kappa shape index (κ1) is 13.6. The van der Waals surface area contributed by atoms with Gasteiger partial charge in [-0.05, 0) is 37.5 Å². The Kier molecular flexibility index (Phi) is 3.60. The average Bonchev–Trinajstić information content (AvgIpc) is 2.93. The predicted molar refractivity (Wildman–Crippen MR) is 82.2 cm³/mol. The molecular weight excluding hydrogens is 264 g/mol. The van der Waals surface area contributed by atoms with Gasteiger partial charge < -0.3 is 9.88 Å². The molecule has 1 N–H and O–H groups in total. The highest BCUT2D eigenvalue weighted by molar-refractivity contribution is 5.94. The lowest BCUT2D eigenvalue weighted by Gasteiger charge is -2.21. The van der Waals surface area contributed by atoms with Gasteiger partial charge in [-0.1, -0.05) is 30.3 Å². The minimum Gasteiger partial charge on any atom is -0.336 e. The summed E-state index contributed by atoms with van der Waals surface area (Å²) in [5.41, 5.74) is 1.57. The van der Waals surface area contributed by atoms with E-state index in [2.05, 4.69) is 4.98 Å². The molecule has 108 valence electrons. The molecule has 0 bridgehead atoms. The molecule has 0 aliphatic carbocycles. The molecule has 2 aromatic rings. The summed E-state index contributed by atoms with van der Waals surface area (Å²) in [6, 6.07) is 13.3. The van der Waals surface area contributed by atoms with Gasteiger partial charge in [-0.3, -0.25) is 9.59 Å². The number of amides is 1. The number of hydrogen-bond acceptors (Lipinski definition) is 2. The number of benzene rings is 1. The van der Waals surface area contributed by atoms with Gasteiger partial charge in [-0.2, -0.15) is 0 Å². The highest BCUT2D eigenvalue weighted by Crippen LogP contribution is 2.19. The van der Waals surface area contributed by atoms with Crippen LogP contribution in [0.1, 0.15) is 30.1 Å². The van der Waals surface area contributed by atoms with Crippen molar-refractivity contribution in [3.8, 4) is 11.3 Å². The van der Waals surface area contributed by atoms with E-state index in [1.807, 2.05) is 37.3 Å². The van der Waals surface area contributed by atoms with E-state index in [0.29, 0.717) is 0 Å². The van der Waals surface area contributed by atoms with E-state index in [1.54, 1.807) is 17.0 Å². The number of nitrogens with one attached hydrogen (secondary N) is 1. The van der Waals surface area contributed by atoms with Crippen LogP contribution in [0.3, 0.4) is 0 Å². The molecule has 1 aromatic heterocycles. The lowest BCUT2D eigenvalue weighted by atomic mass is 10.1. The van der Waals surface area contributed by atoms with Crippen molar-refractivity contribution in [1.82, 2.24) is 9.88 Å². The van der Waals surface area contributed by atoms with E-state index in [9.17, 15) is 9.59 Å². The van der Waals surface area contributed by atoms with Crippen molar-refractivity contribution in [2.75, 3.05) is 6.54 Å². The highest BCUT2D eigenvalue weighted by atomic mass is 16.2. The molecular formula is C17H18N2O2. The second-order valence-corrected chi connectivity index (χ2v) is 5.47. The number of pyridine rings is 1. The largest absolute Gasteiger partial charge is 0.336 e. The molecule has 0 radical (unpaired) electrons. The smallest absolute Gasteiger partial charge is 0.261 e. The van der Waals surface area contributed by atoms with Gasteiger partial charge in [0, 0.05) is 18.3 Å². The first-order chi connectivity index (χ1) is 10.2. The summed E-state index contributed by atoms with van der Waals surface area (Å²) in [5.74, 6) is -0.166. The van der Waals surface area contributed by atoms with Gasteiger partial charge in [0.2, 0.25) is 0 Å². The molecule has 3 rings (SSSR count). The van der Waals surface area contributed by atoms with E-state index in [1.165, 1.54) is 0 Å². The minimum absolute atomic E-state index is 0.166. The topological polar surface area (TPSA) is 53.2 Å². The molecule has 1 saturated heterocycles. The Morgan fingerprint density at radius 1 is 1.19 bits per heavy atom. The van der Waals surface area contributed by atoms with Crippen LogP contribution in [0.25, 0.3) is 11.3 Å². The normalized spacial score (nSPS) is 18.0. The third-order valence-electron chi connectivity index (χ3n) is 4.04. The zero-order chi connectivity index (χ0) is 14.8. The standard InChI is InChI=1S/C17H18N2O2/c1-12-6-5-11-19(12)17(21)14-9-10-15(18-16(14)20)13-7-3-2-4-8-13/h2-4,7-10,12H,5-6,11H2,1H3,(H,18,20)/t12-/m0/s1. The number of rotatable bonds is 2. The van der Waals surface area contributed by atoms with Crippen LogP contribution in [0.15, 0.2) is 47.3 Å². The van der Waals surface area contributed by atoms with E-state index in [4.69, 9.17) is 0 Å². The zero-order valence-corrected chi connectivity index (χ0v) is 12.0.